The molecule has 0 aromatic heterocycles. The first-order valence-corrected chi connectivity index (χ1v) is 3.99. The molecule has 0 heterocycles. The summed E-state index contributed by atoms with van der Waals surface area (Å²) in [5, 5.41) is 9.08. The SMILES string of the molecule is CCCCCC(O)CC.[H-].[Na+]. The third-order valence-electron chi connectivity index (χ3n) is 1.61. The van der Waals surface area contributed by atoms with E-state index in [9.17, 15) is 0 Å². The summed E-state index contributed by atoms with van der Waals surface area (Å²) in [6.07, 6.45) is 5.55. The summed E-state index contributed by atoms with van der Waals surface area (Å²) in [6.45, 7) is 4.20. The van der Waals surface area contributed by atoms with Crippen molar-refractivity contribution < 1.29 is 36.1 Å². The zero-order valence-electron chi connectivity index (χ0n) is 8.56. The zero-order valence-corrected chi connectivity index (χ0v) is 9.56. The van der Waals surface area contributed by atoms with Crippen LogP contribution in [0.1, 0.15) is 47.4 Å². The molecule has 0 saturated heterocycles. The van der Waals surface area contributed by atoms with Crippen molar-refractivity contribution in [3.63, 3.8) is 0 Å². The Balaban J connectivity index is -0.000000320. The molecule has 1 nitrogen and oxygen atoms in total. The van der Waals surface area contributed by atoms with E-state index >= 15 is 0 Å². The van der Waals surface area contributed by atoms with Crippen molar-refractivity contribution in [2.24, 2.45) is 0 Å². The van der Waals surface area contributed by atoms with E-state index in [2.05, 4.69) is 6.92 Å². The molecule has 1 atom stereocenters. The molecule has 0 bridgehead atoms. The van der Waals surface area contributed by atoms with E-state index in [-0.39, 0.29) is 37.1 Å². The van der Waals surface area contributed by atoms with E-state index in [1.165, 1.54) is 19.3 Å². The van der Waals surface area contributed by atoms with Gasteiger partial charge in [-0.25, -0.2) is 0 Å². The van der Waals surface area contributed by atoms with Crippen LogP contribution in [-0.4, -0.2) is 11.2 Å². The quantitative estimate of drug-likeness (QED) is 0.416. The van der Waals surface area contributed by atoms with E-state index in [1.54, 1.807) is 0 Å². The Morgan fingerprint density at radius 2 is 1.90 bits per heavy atom. The zero-order chi connectivity index (χ0) is 7.11. The fraction of sp³-hybridized carbons (Fsp3) is 1.00. The average Bonchev–Trinajstić information content (AvgIpc) is 1.89. The van der Waals surface area contributed by atoms with Crippen LogP contribution in [0.4, 0.5) is 0 Å². The molecule has 10 heavy (non-hydrogen) atoms. The molecular formula is C8H19NaO. The third-order valence-corrected chi connectivity index (χ3v) is 1.61. The van der Waals surface area contributed by atoms with E-state index in [1.807, 2.05) is 6.92 Å². The van der Waals surface area contributed by atoms with Gasteiger partial charge in [0.15, 0.2) is 0 Å². The molecular weight excluding hydrogens is 135 g/mol. The van der Waals surface area contributed by atoms with Crippen molar-refractivity contribution in [2.45, 2.75) is 52.1 Å². The molecule has 2 heteroatoms. The summed E-state index contributed by atoms with van der Waals surface area (Å²) in [7, 11) is 0. The van der Waals surface area contributed by atoms with Crippen LogP contribution >= 0.6 is 0 Å². The summed E-state index contributed by atoms with van der Waals surface area (Å²) in [4.78, 5) is 0. The van der Waals surface area contributed by atoms with Crippen LogP contribution in [-0.2, 0) is 0 Å². The number of rotatable bonds is 5. The van der Waals surface area contributed by atoms with E-state index in [0.29, 0.717) is 0 Å². The molecule has 1 unspecified atom stereocenters. The molecule has 0 aliphatic rings. The van der Waals surface area contributed by atoms with E-state index in [4.69, 9.17) is 5.11 Å². The molecule has 0 fully saturated rings. The first kappa shape index (κ1) is 13.5. The Morgan fingerprint density at radius 1 is 1.30 bits per heavy atom. The van der Waals surface area contributed by atoms with Crippen LogP contribution in [0.5, 0.6) is 0 Å². The summed E-state index contributed by atoms with van der Waals surface area (Å²) in [5.41, 5.74) is 0. The first-order chi connectivity index (χ1) is 4.31. The van der Waals surface area contributed by atoms with Crippen LogP contribution in [0, 0.1) is 0 Å². The van der Waals surface area contributed by atoms with E-state index in [0.717, 1.165) is 12.8 Å². The fourth-order valence-electron chi connectivity index (χ4n) is 0.834. The van der Waals surface area contributed by atoms with Crippen molar-refractivity contribution in [1.82, 2.24) is 0 Å². The molecule has 0 rings (SSSR count). The maximum atomic E-state index is 9.08. The normalized spacial score (nSPS) is 12.3. The van der Waals surface area contributed by atoms with Crippen molar-refractivity contribution in [3.8, 4) is 0 Å². The molecule has 58 valence electrons. The molecule has 0 aliphatic heterocycles. The predicted molar refractivity (Wildman–Crippen MR) is 41.6 cm³/mol. The van der Waals surface area contributed by atoms with Gasteiger partial charge in [0, 0.05) is 0 Å². The first-order valence-electron chi connectivity index (χ1n) is 3.99. The number of aliphatic hydroxyl groups is 1. The molecule has 1 N–H and O–H groups in total. The van der Waals surface area contributed by atoms with Gasteiger partial charge in [0.25, 0.3) is 0 Å². The summed E-state index contributed by atoms with van der Waals surface area (Å²) in [6, 6.07) is 0. The Kier molecular flexibility index (Phi) is 13.5. The maximum absolute atomic E-state index is 9.08. The standard InChI is InChI=1S/C8H18O.Na.H/c1-3-5-6-7-8(9)4-2;;/h8-9H,3-7H2,1-2H3;;/q;+1;-1. The summed E-state index contributed by atoms with van der Waals surface area (Å²) in [5.74, 6) is 0. The topological polar surface area (TPSA) is 20.2 Å². The van der Waals surface area contributed by atoms with Gasteiger partial charge in [0.1, 0.15) is 0 Å². The van der Waals surface area contributed by atoms with Gasteiger partial charge in [0.2, 0.25) is 0 Å². The van der Waals surface area contributed by atoms with Crippen LogP contribution in [0.25, 0.3) is 0 Å². The number of aliphatic hydroxyl groups excluding tert-OH is 1. The number of hydrogen-bond acceptors (Lipinski definition) is 1. The van der Waals surface area contributed by atoms with Crippen LogP contribution in [0.3, 0.4) is 0 Å². The molecule has 0 amide bonds. The summed E-state index contributed by atoms with van der Waals surface area (Å²) < 4.78 is 0. The Bertz CT molecular complexity index is 62.1. The second-order valence-corrected chi connectivity index (χ2v) is 2.56. The molecule has 0 spiro atoms. The smallest absolute Gasteiger partial charge is 1.00 e. The second kappa shape index (κ2) is 9.96. The molecule has 0 saturated carbocycles. The molecule has 0 aromatic carbocycles. The minimum absolute atomic E-state index is 0. The van der Waals surface area contributed by atoms with Crippen LogP contribution in [0.2, 0.25) is 0 Å². The third kappa shape index (κ3) is 8.96. The van der Waals surface area contributed by atoms with Gasteiger partial charge in [-0.1, -0.05) is 33.1 Å². The van der Waals surface area contributed by atoms with Gasteiger partial charge in [-0.3, -0.25) is 0 Å². The Morgan fingerprint density at radius 3 is 2.30 bits per heavy atom. The molecule has 0 aromatic rings. The largest absolute Gasteiger partial charge is 1.00 e. The van der Waals surface area contributed by atoms with Crippen molar-refractivity contribution in [3.05, 3.63) is 0 Å². The minimum atomic E-state index is -0.0449. The second-order valence-electron chi connectivity index (χ2n) is 2.56. The Hall–Kier alpha value is 0.960. The van der Waals surface area contributed by atoms with Crippen molar-refractivity contribution >= 4 is 0 Å². The number of hydrogen-bond donors (Lipinski definition) is 1. The van der Waals surface area contributed by atoms with Crippen molar-refractivity contribution in [2.75, 3.05) is 0 Å². The van der Waals surface area contributed by atoms with Gasteiger partial charge < -0.3 is 6.53 Å². The minimum Gasteiger partial charge on any atom is -1.00 e. The van der Waals surface area contributed by atoms with Crippen LogP contribution < -0.4 is 29.6 Å². The molecule has 0 aliphatic carbocycles. The van der Waals surface area contributed by atoms with Gasteiger partial charge in [-0.2, -0.15) is 0 Å². The molecule has 0 radical (unpaired) electrons. The average molecular weight is 154 g/mol. The monoisotopic (exact) mass is 154 g/mol. The van der Waals surface area contributed by atoms with E-state index < -0.39 is 0 Å². The van der Waals surface area contributed by atoms with Gasteiger partial charge in [0.05, 0.1) is 6.10 Å². The van der Waals surface area contributed by atoms with Gasteiger partial charge >= 0.3 is 29.6 Å². The van der Waals surface area contributed by atoms with Gasteiger partial charge in [-0.15, -0.1) is 0 Å². The van der Waals surface area contributed by atoms with Gasteiger partial charge in [-0.05, 0) is 12.8 Å². The maximum Gasteiger partial charge on any atom is 1.00 e. The predicted octanol–water partition coefficient (Wildman–Crippen LogP) is -0.546. The summed E-state index contributed by atoms with van der Waals surface area (Å²) >= 11 is 0. The number of unbranched alkanes of at least 4 members (excludes halogenated alkanes) is 2. The fourth-order valence-corrected chi connectivity index (χ4v) is 0.834. The Labute approximate surface area is 88.0 Å². The van der Waals surface area contributed by atoms with Crippen molar-refractivity contribution in [1.29, 1.82) is 0 Å². The van der Waals surface area contributed by atoms with Crippen LogP contribution in [0.15, 0.2) is 0 Å².